The first-order valence-electron chi connectivity index (χ1n) is 4.60. The molecule has 0 aromatic heterocycles. The SMILES string of the molecule is COC1(CNC(=O)C(C)S)CCC1. The summed E-state index contributed by atoms with van der Waals surface area (Å²) in [6.07, 6.45) is 3.29. The van der Waals surface area contributed by atoms with Crippen LogP contribution in [0.1, 0.15) is 26.2 Å². The van der Waals surface area contributed by atoms with Crippen molar-refractivity contribution in [1.29, 1.82) is 0 Å². The molecule has 1 unspecified atom stereocenters. The summed E-state index contributed by atoms with van der Waals surface area (Å²) in [6, 6.07) is 0. The van der Waals surface area contributed by atoms with E-state index in [4.69, 9.17) is 4.74 Å². The lowest BCUT2D eigenvalue weighted by molar-refractivity contribution is -0.124. The van der Waals surface area contributed by atoms with Crippen LogP contribution >= 0.6 is 12.6 Å². The highest BCUT2D eigenvalue weighted by Crippen LogP contribution is 2.34. The molecule has 4 heteroatoms. The predicted molar refractivity (Wildman–Crippen MR) is 55.0 cm³/mol. The van der Waals surface area contributed by atoms with Crippen LogP contribution in [0.5, 0.6) is 0 Å². The monoisotopic (exact) mass is 203 g/mol. The summed E-state index contributed by atoms with van der Waals surface area (Å²) in [5, 5.41) is 2.59. The van der Waals surface area contributed by atoms with Crippen molar-refractivity contribution in [2.45, 2.75) is 37.0 Å². The van der Waals surface area contributed by atoms with Crippen LogP contribution in [0.25, 0.3) is 0 Å². The Bertz CT molecular complexity index is 185. The number of methoxy groups -OCH3 is 1. The predicted octanol–water partition coefficient (Wildman–Crippen LogP) is 0.990. The molecular weight excluding hydrogens is 186 g/mol. The maximum atomic E-state index is 11.2. The van der Waals surface area contributed by atoms with Gasteiger partial charge in [-0.25, -0.2) is 0 Å². The van der Waals surface area contributed by atoms with Crippen LogP contribution in [0.4, 0.5) is 0 Å². The van der Waals surface area contributed by atoms with Crippen molar-refractivity contribution in [2.75, 3.05) is 13.7 Å². The van der Waals surface area contributed by atoms with Gasteiger partial charge in [0, 0.05) is 13.7 Å². The number of hydrogen-bond donors (Lipinski definition) is 2. The van der Waals surface area contributed by atoms with E-state index in [-0.39, 0.29) is 16.8 Å². The highest BCUT2D eigenvalue weighted by atomic mass is 32.1. The maximum absolute atomic E-state index is 11.2. The molecule has 0 spiro atoms. The Kier molecular flexibility index (Phi) is 3.62. The van der Waals surface area contributed by atoms with Gasteiger partial charge in [-0.2, -0.15) is 12.6 Å². The molecule has 0 bridgehead atoms. The van der Waals surface area contributed by atoms with E-state index < -0.39 is 0 Å². The minimum absolute atomic E-state index is 0.0216. The summed E-state index contributed by atoms with van der Waals surface area (Å²) < 4.78 is 5.36. The van der Waals surface area contributed by atoms with Gasteiger partial charge in [0.2, 0.25) is 5.91 Å². The van der Waals surface area contributed by atoms with Gasteiger partial charge in [-0.3, -0.25) is 4.79 Å². The molecular formula is C9H17NO2S. The van der Waals surface area contributed by atoms with Crippen LogP contribution in [0.3, 0.4) is 0 Å². The zero-order valence-electron chi connectivity index (χ0n) is 8.17. The summed E-state index contributed by atoms with van der Waals surface area (Å²) >= 11 is 4.05. The topological polar surface area (TPSA) is 38.3 Å². The van der Waals surface area contributed by atoms with E-state index in [0.29, 0.717) is 6.54 Å². The largest absolute Gasteiger partial charge is 0.376 e. The van der Waals surface area contributed by atoms with Crippen LogP contribution in [0, 0.1) is 0 Å². The van der Waals surface area contributed by atoms with Gasteiger partial charge >= 0.3 is 0 Å². The Morgan fingerprint density at radius 1 is 1.69 bits per heavy atom. The number of carbonyl (C=O) groups is 1. The molecule has 1 atom stereocenters. The number of amides is 1. The zero-order chi connectivity index (χ0) is 9.90. The second-order valence-electron chi connectivity index (χ2n) is 3.63. The van der Waals surface area contributed by atoms with E-state index >= 15 is 0 Å². The van der Waals surface area contributed by atoms with Crippen LogP contribution in [0.2, 0.25) is 0 Å². The Balaban J connectivity index is 2.28. The van der Waals surface area contributed by atoms with Gasteiger partial charge in [-0.05, 0) is 26.2 Å². The van der Waals surface area contributed by atoms with E-state index in [0.717, 1.165) is 12.8 Å². The molecule has 1 amide bonds. The summed E-state index contributed by atoms with van der Waals surface area (Å²) in [4.78, 5) is 11.2. The molecule has 1 fully saturated rings. The molecule has 0 aromatic carbocycles. The third-order valence-corrected chi connectivity index (χ3v) is 2.90. The molecule has 1 aliphatic rings. The number of ether oxygens (including phenoxy) is 1. The van der Waals surface area contributed by atoms with Gasteiger partial charge in [-0.15, -0.1) is 0 Å². The Morgan fingerprint density at radius 2 is 2.31 bits per heavy atom. The molecule has 0 aromatic rings. The average Bonchev–Trinajstić information content (AvgIpc) is 2.02. The third-order valence-electron chi connectivity index (χ3n) is 2.66. The molecule has 1 aliphatic carbocycles. The second kappa shape index (κ2) is 4.33. The van der Waals surface area contributed by atoms with Crippen LogP contribution < -0.4 is 5.32 Å². The van der Waals surface area contributed by atoms with E-state index in [1.54, 1.807) is 14.0 Å². The number of rotatable bonds is 4. The number of carbonyl (C=O) groups excluding carboxylic acids is 1. The van der Waals surface area contributed by atoms with Gasteiger partial charge in [-0.1, -0.05) is 0 Å². The fraction of sp³-hybridized carbons (Fsp3) is 0.889. The quantitative estimate of drug-likeness (QED) is 0.669. The number of nitrogens with one attached hydrogen (secondary N) is 1. The summed E-state index contributed by atoms with van der Waals surface area (Å²) in [5.74, 6) is -0.0216. The van der Waals surface area contributed by atoms with Gasteiger partial charge in [0.1, 0.15) is 0 Å². The first kappa shape index (κ1) is 10.9. The van der Waals surface area contributed by atoms with Gasteiger partial charge in [0.05, 0.1) is 10.9 Å². The highest BCUT2D eigenvalue weighted by Gasteiger charge is 2.37. The average molecular weight is 203 g/mol. The highest BCUT2D eigenvalue weighted by molar-refractivity contribution is 7.81. The first-order valence-corrected chi connectivity index (χ1v) is 5.12. The Labute approximate surface area is 84.6 Å². The molecule has 0 heterocycles. The lowest BCUT2D eigenvalue weighted by Crippen LogP contribution is -2.50. The Hall–Kier alpha value is -0.220. The van der Waals surface area contributed by atoms with Crippen molar-refractivity contribution in [1.82, 2.24) is 5.32 Å². The molecule has 76 valence electrons. The van der Waals surface area contributed by atoms with Crippen molar-refractivity contribution in [3.63, 3.8) is 0 Å². The normalized spacial score (nSPS) is 21.8. The van der Waals surface area contributed by atoms with Crippen molar-refractivity contribution in [2.24, 2.45) is 0 Å². The summed E-state index contributed by atoms with van der Waals surface area (Å²) in [7, 11) is 1.70. The summed E-state index contributed by atoms with van der Waals surface area (Å²) in [5.41, 5.74) is -0.0850. The van der Waals surface area contributed by atoms with Crippen LogP contribution in [-0.4, -0.2) is 30.4 Å². The van der Waals surface area contributed by atoms with Crippen molar-refractivity contribution < 1.29 is 9.53 Å². The molecule has 13 heavy (non-hydrogen) atoms. The van der Waals surface area contributed by atoms with Crippen molar-refractivity contribution >= 4 is 18.5 Å². The molecule has 1 N–H and O–H groups in total. The van der Waals surface area contributed by atoms with E-state index in [2.05, 4.69) is 17.9 Å². The number of thiol groups is 1. The smallest absolute Gasteiger partial charge is 0.232 e. The fourth-order valence-electron chi connectivity index (χ4n) is 1.42. The number of hydrogen-bond acceptors (Lipinski definition) is 3. The standard InChI is InChI=1S/C9H17NO2S/c1-7(13)8(11)10-6-9(12-2)4-3-5-9/h7,13H,3-6H2,1-2H3,(H,10,11). The molecule has 0 radical (unpaired) electrons. The third kappa shape index (κ3) is 2.61. The van der Waals surface area contributed by atoms with Crippen molar-refractivity contribution in [3.8, 4) is 0 Å². The maximum Gasteiger partial charge on any atom is 0.232 e. The van der Waals surface area contributed by atoms with Crippen LogP contribution in [-0.2, 0) is 9.53 Å². The molecule has 1 rings (SSSR count). The molecule has 1 saturated carbocycles. The zero-order valence-corrected chi connectivity index (χ0v) is 9.06. The Morgan fingerprint density at radius 3 is 2.62 bits per heavy atom. The van der Waals surface area contributed by atoms with E-state index in [1.165, 1.54) is 6.42 Å². The molecule has 0 aliphatic heterocycles. The fourth-order valence-corrected chi connectivity index (χ4v) is 1.51. The van der Waals surface area contributed by atoms with Gasteiger partial charge < -0.3 is 10.1 Å². The second-order valence-corrected chi connectivity index (χ2v) is 4.41. The van der Waals surface area contributed by atoms with Crippen LogP contribution in [0.15, 0.2) is 0 Å². The minimum atomic E-state index is -0.242. The minimum Gasteiger partial charge on any atom is -0.376 e. The molecule has 3 nitrogen and oxygen atoms in total. The summed E-state index contributed by atoms with van der Waals surface area (Å²) in [6.45, 7) is 2.38. The van der Waals surface area contributed by atoms with Gasteiger partial charge in [0.15, 0.2) is 0 Å². The first-order chi connectivity index (χ1) is 6.09. The van der Waals surface area contributed by atoms with Gasteiger partial charge in [0.25, 0.3) is 0 Å². The van der Waals surface area contributed by atoms with E-state index in [9.17, 15) is 4.79 Å². The molecule has 0 saturated heterocycles. The lowest BCUT2D eigenvalue weighted by atomic mass is 9.80. The van der Waals surface area contributed by atoms with E-state index in [1.807, 2.05) is 0 Å². The van der Waals surface area contributed by atoms with Crippen molar-refractivity contribution in [3.05, 3.63) is 0 Å². The lowest BCUT2D eigenvalue weighted by Gasteiger charge is -2.40.